The molecule has 2 heterocycles. The van der Waals surface area contributed by atoms with Gasteiger partial charge in [-0.15, -0.1) is 0 Å². The Bertz CT molecular complexity index is 288. The van der Waals surface area contributed by atoms with Gasteiger partial charge >= 0.3 is 0 Å². The molecule has 0 bridgehead atoms. The first kappa shape index (κ1) is 14.2. The summed E-state index contributed by atoms with van der Waals surface area (Å²) >= 11 is 0. The van der Waals surface area contributed by atoms with Crippen LogP contribution in [0.15, 0.2) is 0 Å². The monoisotopic (exact) mass is 259 g/mol. The molecule has 0 unspecified atom stereocenters. The fourth-order valence-corrected chi connectivity index (χ4v) is 3.48. The zero-order chi connectivity index (χ0) is 13.3. The third-order valence-electron chi connectivity index (χ3n) is 4.67. The van der Waals surface area contributed by atoms with Gasteiger partial charge in [-0.05, 0) is 12.8 Å². The van der Waals surface area contributed by atoms with E-state index in [1.165, 1.54) is 12.8 Å². The lowest BCUT2D eigenvalue weighted by molar-refractivity contribution is -0.247. The van der Waals surface area contributed by atoms with E-state index in [9.17, 15) is 20.4 Å². The van der Waals surface area contributed by atoms with Gasteiger partial charge in [0.15, 0.2) is 0 Å². The van der Waals surface area contributed by atoms with Gasteiger partial charge in [0.25, 0.3) is 0 Å². The molecule has 0 spiro atoms. The molecule has 2 fully saturated rings. The van der Waals surface area contributed by atoms with Crippen molar-refractivity contribution in [3.63, 3.8) is 0 Å². The topological polar surface area (TPSA) is 84.2 Å². The van der Waals surface area contributed by atoms with Crippen LogP contribution in [0, 0.1) is 0 Å². The smallest absolute Gasteiger partial charge is 0.109 e. The van der Waals surface area contributed by atoms with Gasteiger partial charge in [0.1, 0.15) is 12.2 Å². The SMILES string of the molecule is CCCCC[C@@H]1C[C@@]2(CO)[C@@H](O)[C@H](O)[C@@H](O)CN12. The Morgan fingerprint density at radius 3 is 2.56 bits per heavy atom. The van der Waals surface area contributed by atoms with Crippen molar-refractivity contribution >= 4 is 0 Å². The van der Waals surface area contributed by atoms with Crippen molar-refractivity contribution in [3.05, 3.63) is 0 Å². The first-order valence-corrected chi connectivity index (χ1v) is 6.98. The van der Waals surface area contributed by atoms with Crippen LogP contribution >= 0.6 is 0 Å². The molecule has 5 nitrogen and oxygen atoms in total. The first-order valence-electron chi connectivity index (χ1n) is 6.98. The molecule has 2 saturated heterocycles. The van der Waals surface area contributed by atoms with E-state index < -0.39 is 23.9 Å². The second-order valence-electron chi connectivity index (χ2n) is 5.77. The van der Waals surface area contributed by atoms with Crippen LogP contribution in [0.5, 0.6) is 0 Å². The molecule has 4 N–H and O–H groups in total. The largest absolute Gasteiger partial charge is 0.394 e. The Morgan fingerprint density at radius 2 is 1.94 bits per heavy atom. The van der Waals surface area contributed by atoms with Crippen LogP contribution in [0.2, 0.25) is 0 Å². The zero-order valence-electron chi connectivity index (χ0n) is 11.0. The minimum Gasteiger partial charge on any atom is -0.394 e. The average molecular weight is 259 g/mol. The van der Waals surface area contributed by atoms with Crippen LogP contribution in [0.3, 0.4) is 0 Å². The summed E-state index contributed by atoms with van der Waals surface area (Å²) in [5.74, 6) is 0. The van der Waals surface area contributed by atoms with Crippen LogP contribution in [0.1, 0.15) is 39.0 Å². The van der Waals surface area contributed by atoms with Gasteiger partial charge in [-0.2, -0.15) is 0 Å². The standard InChI is InChI=1S/C13H25NO4/c1-2-3-4-5-9-6-13(8-15)12(18)11(17)10(16)7-14(9)13/h9-12,15-18H,2-8H2,1H3/t9-,10+,11-,12+,13-/m1/s1. The highest BCUT2D eigenvalue weighted by Crippen LogP contribution is 2.45. The van der Waals surface area contributed by atoms with Gasteiger partial charge in [0, 0.05) is 12.6 Å². The second-order valence-corrected chi connectivity index (χ2v) is 5.77. The van der Waals surface area contributed by atoms with Crippen molar-refractivity contribution in [2.24, 2.45) is 0 Å². The summed E-state index contributed by atoms with van der Waals surface area (Å²) in [5.41, 5.74) is -0.727. The molecular weight excluding hydrogens is 234 g/mol. The minimum atomic E-state index is -1.15. The Morgan fingerprint density at radius 1 is 1.22 bits per heavy atom. The molecule has 106 valence electrons. The van der Waals surface area contributed by atoms with E-state index in [-0.39, 0.29) is 6.61 Å². The fraction of sp³-hybridized carbons (Fsp3) is 1.00. The molecule has 2 rings (SSSR count). The van der Waals surface area contributed by atoms with Gasteiger partial charge in [-0.3, -0.25) is 4.90 Å². The number of fused-ring (bicyclic) bond motifs is 1. The molecule has 0 saturated carbocycles. The number of nitrogens with zero attached hydrogens (tertiary/aromatic N) is 1. The fourth-order valence-electron chi connectivity index (χ4n) is 3.48. The predicted molar refractivity (Wildman–Crippen MR) is 67.1 cm³/mol. The summed E-state index contributed by atoms with van der Waals surface area (Å²) in [7, 11) is 0. The molecule has 18 heavy (non-hydrogen) atoms. The number of piperidine rings is 1. The maximum absolute atomic E-state index is 10.1. The Balaban J connectivity index is 1.99. The summed E-state index contributed by atoms with van der Waals surface area (Å²) in [6.45, 7) is 2.33. The van der Waals surface area contributed by atoms with Crippen molar-refractivity contribution < 1.29 is 20.4 Å². The predicted octanol–water partition coefficient (Wildman–Crippen LogP) is -0.532. The van der Waals surface area contributed by atoms with E-state index in [0.29, 0.717) is 19.0 Å². The molecular formula is C13H25NO4. The van der Waals surface area contributed by atoms with E-state index in [0.717, 1.165) is 12.8 Å². The highest BCUT2D eigenvalue weighted by molar-refractivity contribution is 5.15. The molecule has 2 aliphatic rings. The van der Waals surface area contributed by atoms with Gasteiger partial charge in [0.05, 0.1) is 18.2 Å². The maximum Gasteiger partial charge on any atom is 0.109 e. The van der Waals surface area contributed by atoms with Crippen LogP contribution in [0.4, 0.5) is 0 Å². The molecule has 5 atom stereocenters. The van der Waals surface area contributed by atoms with Crippen LogP contribution in [0.25, 0.3) is 0 Å². The maximum atomic E-state index is 10.1. The number of rotatable bonds is 5. The number of aliphatic hydroxyl groups excluding tert-OH is 4. The van der Waals surface area contributed by atoms with Crippen molar-refractivity contribution in [3.8, 4) is 0 Å². The number of hydrogen-bond acceptors (Lipinski definition) is 5. The summed E-state index contributed by atoms with van der Waals surface area (Å²) in [4.78, 5) is 1.99. The minimum absolute atomic E-state index is 0.164. The highest BCUT2D eigenvalue weighted by Gasteiger charge is 2.61. The van der Waals surface area contributed by atoms with Crippen LogP contribution in [-0.4, -0.2) is 68.4 Å². The molecule has 0 aromatic heterocycles. The van der Waals surface area contributed by atoms with Gasteiger partial charge in [-0.1, -0.05) is 26.2 Å². The lowest BCUT2D eigenvalue weighted by Crippen LogP contribution is -2.80. The molecule has 0 amide bonds. The lowest BCUT2D eigenvalue weighted by Gasteiger charge is -2.64. The second kappa shape index (κ2) is 5.43. The summed E-state index contributed by atoms with van der Waals surface area (Å²) in [6.07, 6.45) is 2.09. The molecule has 5 heteroatoms. The van der Waals surface area contributed by atoms with Gasteiger partial charge in [-0.25, -0.2) is 0 Å². The summed E-state index contributed by atoms with van der Waals surface area (Å²) in [6, 6.07) is 0.320. The van der Waals surface area contributed by atoms with Crippen molar-refractivity contribution in [2.45, 2.75) is 68.9 Å². The Labute approximate surface area is 108 Å². The van der Waals surface area contributed by atoms with Crippen molar-refractivity contribution in [1.82, 2.24) is 4.90 Å². The zero-order valence-corrected chi connectivity index (χ0v) is 11.0. The first-order chi connectivity index (χ1) is 8.56. The number of hydrogen-bond donors (Lipinski definition) is 4. The van der Waals surface area contributed by atoms with Gasteiger partial charge in [0.2, 0.25) is 0 Å². The van der Waals surface area contributed by atoms with Crippen LogP contribution < -0.4 is 0 Å². The van der Waals surface area contributed by atoms with Gasteiger partial charge < -0.3 is 20.4 Å². The normalized spacial score (nSPS) is 44.5. The Kier molecular flexibility index (Phi) is 4.29. The van der Waals surface area contributed by atoms with Crippen LogP contribution in [-0.2, 0) is 0 Å². The lowest BCUT2D eigenvalue weighted by atomic mass is 9.68. The quantitative estimate of drug-likeness (QED) is 0.499. The highest BCUT2D eigenvalue weighted by atomic mass is 16.4. The molecule has 0 aromatic rings. The van der Waals surface area contributed by atoms with E-state index in [2.05, 4.69) is 6.92 Å². The van der Waals surface area contributed by atoms with E-state index in [4.69, 9.17) is 0 Å². The Hall–Kier alpha value is -0.200. The number of unbranched alkanes of at least 4 members (excludes halogenated alkanes) is 2. The molecule has 0 aliphatic carbocycles. The summed E-state index contributed by atoms with van der Waals surface area (Å²) in [5, 5.41) is 39.1. The third-order valence-corrected chi connectivity index (χ3v) is 4.67. The van der Waals surface area contributed by atoms with E-state index in [1.54, 1.807) is 0 Å². The number of β-amino-alcohol motifs (C(OH)–C–C–N with tert-alkyl or cyclic N) is 1. The molecule has 2 aliphatic heterocycles. The summed E-state index contributed by atoms with van der Waals surface area (Å²) < 4.78 is 0. The number of aliphatic hydroxyl groups is 4. The van der Waals surface area contributed by atoms with E-state index in [1.807, 2.05) is 4.90 Å². The molecule has 0 aromatic carbocycles. The average Bonchev–Trinajstić information content (AvgIpc) is 2.36. The van der Waals surface area contributed by atoms with Crippen molar-refractivity contribution in [2.75, 3.05) is 13.2 Å². The molecule has 0 radical (unpaired) electrons. The van der Waals surface area contributed by atoms with Crippen molar-refractivity contribution in [1.29, 1.82) is 0 Å². The third kappa shape index (κ3) is 2.08. The van der Waals surface area contributed by atoms with E-state index >= 15 is 0 Å².